The van der Waals surface area contributed by atoms with Gasteiger partial charge in [0.2, 0.25) is 10.0 Å². The second kappa shape index (κ2) is 9.78. The Hall–Kier alpha value is -2.64. The van der Waals surface area contributed by atoms with Crippen LogP contribution >= 0.6 is 11.3 Å². The number of piperazine rings is 1. The van der Waals surface area contributed by atoms with Crippen molar-refractivity contribution in [3.05, 3.63) is 34.7 Å². The SMILES string of the molecule is CS(=O)(=O)N1CCN(Cc2cc3nc(-c4cccc(N)c4C=N)nc(N4CCOCC4)c3s2)CC1. The Balaban J connectivity index is 1.50. The molecule has 3 N–H and O–H groups in total. The highest BCUT2D eigenvalue weighted by atomic mass is 32.2. The topological polar surface area (TPSA) is 129 Å². The molecule has 2 fully saturated rings. The molecule has 0 bridgehead atoms. The summed E-state index contributed by atoms with van der Waals surface area (Å²) in [6, 6.07) is 7.64. The van der Waals surface area contributed by atoms with Gasteiger partial charge in [0.15, 0.2) is 11.6 Å². The molecule has 10 nitrogen and oxygen atoms in total. The summed E-state index contributed by atoms with van der Waals surface area (Å²) >= 11 is 1.68. The largest absolute Gasteiger partial charge is 0.398 e. The monoisotopic (exact) mass is 515 g/mol. The molecule has 12 heteroatoms. The number of nitrogens with one attached hydrogen (secondary N) is 1. The highest BCUT2D eigenvalue weighted by molar-refractivity contribution is 7.88. The van der Waals surface area contributed by atoms with Crippen LogP contribution in [0.15, 0.2) is 24.3 Å². The van der Waals surface area contributed by atoms with Gasteiger partial charge in [-0.1, -0.05) is 12.1 Å². The Labute approximate surface area is 208 Å². The quantitative estimate of drug-likeness (QED) is 0.376. The van der Waals surface area contributed by atoms with E-state index >= 15 is 0 Å². The number of anilines is 2. The molecule has 2 aliphatic rings. The lowest BCUT2D eigenvalue weighted by Crippen LogP contribution is -2.47. The maximum Gasteiger partial charge on any atom is 0.211 e. The van der Waals surface area contributed by atoms with Crippen LogP contribution in [0.5, 0.6) is 0 Å². The Morgan fingerprint density at radius 1 is 1.14 bits per heavy atom. The Morgan fingerprint density at radius 2 is 1.89 bits per heavy atom. The fourth-order valence-electron chi connectivity index (χ4n) is 4.53. The van der Waals surface area contributed by atoms with Gasteiger partial charge in [-0.25, -0.2) is 18.4 Å². The van der Waals surface area contributed by atoms with Gasteiger partial charge in [-0.05, 0) is 12.1 Å². The van der Waals surface area contributed by atoms with Crippen LogP contribution in [0.3, 0.4) is 0 Å². The van der Waals surface area contributed by atoms with Crippen LogP contribution in [-0.4, -0.2) is 92.5 Å². The number of morpholine rings is 1. The first-order valence-electron chi connectivity index (χ1n) is 11.5. The van der Waals surface area contributed by atoms with E-state index < -0.39 is 10.0 Å². The van der Waals surface area contributed by atoms with Gasteiger partial charge in [0, 0.05) is 73.7 Å². The molecule has 4 heterocycles. The van der Waals surface area contributed by atoms with Crippen molar-refractivity contribution >= 4 is 49.3 Å². The van der Waals surface area contributed by atoms with Crippen molar-refractivity contribution < 1.29 is 13.2 Å². The van der Waals surface area contributed by atoms with Gasteiger partial charge in [-0.2, -0.15) is 4.31 Å². The van der Waals surface area contributed by atoms with Crippen LogP contribution in [0.2, 0.25) is 0 Å². The van der Waals surface area contributed by atoms with Crippen molar-refractivity contribution in [3.8, 4) is 11.4 Å². The normalized spacial score (nSPS) is 18.3. The molecule has 3 aromatic rings. The number of nitrogens with zero attached hydrogens (tertiary/aromatic N) is 5. The minimum absolute atomic E-state index is 0.508. The van der Waals surface area contributed by atoms with E-state index in [-0.39, 0.29) is 0 Å². The molecule has 0 unspecified atom stereocenters. The molecule has 0 amide bonds. The predicted molar refractivity (Wildman–Crippen MR) is 140 cm³/mol. The Kier molecular flexibility index (Phi) is 6.73. The van der Waals surface area contributed by atoms with Crippen LogP contribution in [0.4, 0.5) is 11.5 Å². The Morgan fingerprint density at radius 3 is 2.57 bits per heavy atom. The van der Waals surface area contributed by atoms with E-state index in [1.54, 1.807) is 17.4 Å². The molecule has 5 rings (SSSR count). The number of fused-ring (bicyclic) bond motifs is 1. The van der Waals surface area contributed by atoms with Crippen molar-refractivity contribution in [2.75, 3.05) is 69.4 Å². The van der Waals surface area contributed by atoms with Crippen molar-refractivity contribution in [2.45, 2.75) is 6.54 Å². The summed E-state index contributed by atoms with van der Waals surface area (Å²) in [5.41, 5.74) is 8.86. The average Bonchev–Trinajstić information content (AvgIpc) is 3.26. The van der Waals surface area contributed by atoms with Gasteiger partial charge >= 0.3 is 0 Å². The van der Waals surface area contributed by atoms with Gasteiger partial charge in [-0.3, -0.25) is 4.90 Å². The zero-order chi connectivity index (χ0) is 24.6. The molecule has 2 aliphatic heterocycles. The van der Waals surface area contributed by atoms with Crippen molar-refractivity contribution in [1.82, 2.24) is 19.2 Å². The summed E-state index contributed by atoms with van der Waals surface area (Å²) in [6.07, 6.45) is 2.52. The van der Waals surface area contributed by atoms with E-state index in [0.717, 1.165) is 46.1 Å². The van der Waals surface area contributed by atoms with Crippen LogP contribution < -0.4 is 10.6 Å². The molecular weight excluding hydrogens is 486 g/mol. The zero-order valence-electron chi connectivity index (χ0n) is 19.6. The summed E-state index contributed by atoms with van der Waals surface area (Å²) in [6.45, 7) is 5.94. The lowest BCUT2D eigenvalue weighted by atomic mass is 10.1. The van der Waals surface area contributed by atoms with Crippen LogP contribution in [-0.2, 0) is 21.3 Å². The molecule has 186 valence electrons. The third kappa shape index (κ3) is 5.02. The number of aromatic nitrogens is 2. The average molecular weight is 516 g/mol. The first-order chi connectivity index (χ1) is 16.8. The summed E-state index contributed by atoms with van der Waals surface area (Å²) in [7, 11) is -3.15. The van der Waals surface area contributed by atoms with Crippen molar-refractivity contribution in [3.63, 3.8) is 0 Å². The van der Waals surface area contributed by atoms with Gasteiger partial charge in [0.1, 0.15) is 0 Å². The lowest BCUT2D eigenvalue weighted by Gasteiger charge is -2.32. The molecule has 0 atom stereocenters. The number of hydrogen-bond donors (Lipinski definition) is 2. The standard InChI is InChI=1S/C23H29N7O3S2/c1-35(31,32)30-7-5-28(6-8-30)15-16-13-20-21(34-16)23(29-9-11-33-12-10-29)27-22(26-20)17-3-2-4-19(25)18(17)14-24/h2-4,13-14,24H,5-12,15,25H2,1H3. The van der Waals surface area contributed by atoms with Crippen LogP contribution in [0.1, 0.15) is 10.4 Å². The highest BCUT2D eigenvalue weighted by Gasteiger charge is 2.25. The molecule has 1 aromatic carbocycles. The molecule has 2 aromatic heterocycles. The van der Waals surface area contributed by atoms with E-state index in [0.29, 0.717) is 56.5 Å². The lowest BCUT2D eigenvalue weighted by molar-refractivity contribution is 0.122. The second-order valence-corrected chi connectivity index (χ2v) is 11.9. The van der Waals surface area contributed by atoms with Crippen LogP contribution in [0, 0.1) is 5.41 Å². The fourth-order valence-corrected chi connectivity index (χ4v) is 6.51. The number of nitrogens with two attached hydrogens (primary N) is 1. The molecule has 0 saturated carbocycles. The number of sulfonamides is 1. The number of benzene rings is 1. The fraction of sp³-hybridized carbons (Fsp3) is 0.435. The predicted octanol–water partition coefficient (Wildman–Crippen LogP) is 1.85. The van der Waals surface area contributed by atoms with E-state index in [2.05, 4.69) is 15.9 Å². The summed E-state index contributed by atoms with van der Waals surface area (Å²) in [4.78, 5) is 15.5. The van der Waals surface area contributed by atoms with Crippen molar-refractivity contribution in [2.24, 2.45) is 0 Å². The zero-order valence-corrected chi connectivity index (χ0v) is 21.2. The first-order valence-corrected chi connectivity index (χ1v) is 14.2. The molecule has 35 heavy (non-hydrogen) atoms. The molecule has 0 radical (unpaired) electrons. The third-order valence-electron chi connectivity index (χ3n) is 6.42. The molecule has 0 spiro atoms. The van der Waals surface area contributed by atoms with Gasteiger partial charge < -0.3 is 20.8 Å². The third-order valence-corrected chi connectivity index (χ3v) is 8.83. The summed E-state index contributed by atoms with van der Waals surface area (Å²) in [5.74, 6) is 1.43. The number of ether oxygens (including phenoxy) is 1. The smallest absolute Gasteiger partial charge is 0.211 e. The number of thiophene rings is 1. The maximum absolute atomic E-state index is 11.8. The van der Waals surface area contributed by atoms with Gasteiger partial charge in [0.25, 0.3) is 0 Å². The molecular formula is C23H29N7O3S2. The van der Waals surface area contributed by atoms with E-state index in [1.807, 2.05) is 12.1 Å². The minimum Gasteiger partial charge on any atom is -0.398 e. The van der Waals surface area contributed by atoms with E-state index in [1.165, 1.54) is 16.8 Å². The summed E-state index contributed by atoms with van der Waals surface area (Å²) in [5, 5.41) is 7.86. The maximum atomic E-state index is 11.8. The van der Waals surface area contributed by atoms with E-state index in [9.17, 15) is 8.42 Å². The first kappa shape index (κ1) is 24.1. The Bertz CT molecular complexity index is 1340. The van der Waals surface area contributed by atoms with Gasteiger partial charge in [0.05, 0.1) is 29.7 Å². The number of nitrogen functional groups attached to an aromatic ring is 1. The minimum atomic E-state index is -3.15. The van der Waals surface area contributed by atoms with Gasteiger partial charge in [-0.15, -0.1) is 11.3 Å². The van der Waals surface area contributed by atoms with Crippen molar-refractivity contribution in [1.29, 1.82) is 5.41 Å². The number of rotatable bonds is 6. The van der Waals surface area contributed by atoms with E-state index in [4.69, 9.17) is 25.8 Å². The highest BCUT2D eigenvalue weighted by Crippen LogP contribution is 2.36. The van der Waals surface area contributed by atoms with Crippen LogP contribution in [0.25, 0.3) is 21.6 Å². The second-order valence-electron chi connectivity index (χ2n) is 8.79. The summed E-state index contributed by atoms with van der Waals surface area (Å²) < 4.78 is 31.8. The molecule has 2 saturated heterocycles. The molecule has 0 aliphatic carbocycles. The number of hydrogen-bond acceptors (Lipinski definition) is 10.